The van der Waals surface area contributed by atoms with Gasteiger partial charge in [0.15, 0.2) is 5.17 Å². The Bertz CT molecular complexity index is 1180. The van der Waals surface area contributed by atoms with Crippen LogP contribution in [0.4, 0.5) is 10.1 Å². The van der Waals surface area contributed by atoms with Crippen LogP contribution in [-0.2, 0) is 16.8 Å². The molecule has 0 saturated carbocycles. The van der Waals surface area contributed by atoms with E-state index in [-0.39, 0.29) is 18.1 Å². The Labute approximate surface area is 187 Å². The molecule has 1 atom stereocenters. The Hall–Kier alpha value is -2.09. The average Bonchev–Trinajstić information content (AvgIpc) is 2.98. The molecule has 0 radical (unpaired) electrons. The summed E-state index contributed by atoms with van der Waals surface area (Å²) < 4.78 is 15.7. The number of fused-ring (bicyclic) bond motifs is 1. The summed E-state index contributed by atoms with van der Waals surface area (Å²) in [4.78, 5) is 18.2. The number of halogens is 2. The van der Waals surface area contributed by atoms with Crippen LogP contribution < -0.4 is 11.1 Å². The molecule has 1 amide bonds. The number of thioether (sulfide) groups is 1. The van der Waals surface area contributed by atoms with E-state index in [4.69, 9.17) is 17.3 Å². The predicted octanol–water partition coefficient (Wildman–Crippen LogP) is 5.85. The molecule has 0 aliphatic carbocycles. The molecule has 2 heterocycles. The second-order valence-electron chi connectivity index (χ2n) is 7.53. The zero-order chi connectivity index (χ0) is 21.5. The van der Waals surface area contributed by atoms with E-state index >= 15 is 0 Å². The predicted molar refractivity (Wildman–Crippen MR) is 126 cm³/mol. The standard InChI is InChI=1S/C22H21ClFN3OS2/c1-12-15-9-13(23)3-6-18(15)30-19(12)11-20(28)26-14-4-5-17(24)16(10-14)22(2)7-8-29-21(25)27-22/h3-6,9-10H,7-8,11H2,1-2H3,(H2,25,27)(H,26,28). The van der Waals surface area contributed by atoms with Crippen molar-refractivity contribution >= 4 is 61.5 Å². The van der Waals surface area contributed by atoms with Crippen molar-refractivity contribution in [2.45, 2.75) is 32.2 Å². The van der Waals surface area contributed by atoms with Gasteiger partial charge in [-0.05, 0) is 67.6 Å². The molecule has 3 aromatic rings. The zero-order valence-corrected chi connectivity index (χ0v) is 19.0. The van der Waals surface area contributed by atoms with Gasteiger partial charge in [-0.3, -0.25) is 9.79 Å². The summed E-state index contributed by atoms with van der Waals surface area (Å²) in [6.07, 6.45) is 0.921. The fraction of sp³-hybridized carbons (Fsp3) is 0.273. The van der Waals surface area contributed by atoms with Crippen LogP contribution in [0, 0.1) is 12.7 Å². The molecule has 1 unspecified atom stereocenters. The van der Waals surface area contributed by atoms with Crippen molar-refractivity contribution in [3.8, 4) is 0 Å². The van der Waals surface area contributed by atoms with Gasteiger partial charge in [0.2, 0.25) is 5.91 Å². The van der Waals surface area contributed by atoms with Gasteiger partial charge >= 0.3 is 0 Å². The van der Waals surface area contributed by atoms with Crippen molar-refractivity contribution in [3.05, 3.63) is 63.2 Å². The molecular weight excluding hydrogens is 441 g/mol. The number of thiophene rings is 1. The van der Waals surface area contributed by atoms with Crippen molar-refractivity contribution in [2.75, 3.05) is 11.1 Å². The number of amidine groups is 1. The third-order valence-corrected chi connectivity index (χ3v) is 7.65. The Balaban J connectivity index is 1.56. The van der Waals surface area contributed by atoms with Crippen molar-refractivity contribution in [2.24, 2.45) is 10.7 Å². The van der Waals surface area contributed by atoms with E-state index in [1.807, 2.05) is 32.0 Å². The maximum atomic E-state index is 14.6. The number of nitrogens with two attached hydrogens (primary N) is 1. The monoisotopic (exact) mass is 461 g/mol. The minimum atomic E-state index is -0.735. The summed E-state index contributed by atoms with van der Waals surface area (Å²) in [7, 11) is 0. The van der Waals surface area contributed by atoms with Crippen LogP contribution in [0.3, 0.4) is 0 Å². The van der Waals surface area contributed by atoms with Crippen LogP contribution in [0.15, 0.2) is 41.4 Å². The summed E-state index contributed by atoms with van der Waals surface area (Å²) in [5.41, 5.74) is 7.19. The molecular formula is C22H21ClFN3OS2. The van der Waals surface area contributed by atoms with Gasteiger partial charge < -0.3 is 11.1 Å². The van der Waals surface area contributed by atoms with Crippen LogP contribution in [0.25, 0.3) is 10.1 Å². The third kappa shape index (κ3) is 4.19. The lowest BCUT2D eigenvalue weighted by Crippen LogP contribution is -2.30. The quantitative estimate of drug-likeness (QED) is 0.512. The molecule has 30 heavy (non-hydrogen) atoms. The van der Waals surface area contributed by atoms with Gasteiger partial charge in [-0.1, -0.05) is 23.4 Å². The van der Waals surface area contributed by atoms with E-state index in [9.17, 15) is 9.18 Å². The molecule has 8 heteroatoms. The first kappa shape index (κ1) is 21.2. The van der Waals surface area contributed by atoms with Crippen LogP contribution in [0.1, 0.15) is 29.3 Å². The van der Waals surface area contributed by atoms with Crippen LogP contribution in [0.2, 0.25) is 5.02 Å². The number of aryl methyl sites for hydroxylation is 1. The van der Waals surface area contributed by atoms with Crippen molar-refractivity contribution in [3.63, 3.8) is 0 Å². The highest BCUT2D eigenvalue weighted by Crippen LogP contribution is 2.38. The van der Waals surface area contributed by atoms with Gasteiger partial charge in [-0.25, -0.2) is 4.39 Å². The minimum Gasteiger partial charge on any atom is -0.379 e. The normalized spacial score (nSPS) is 19.0. The maximum absolute atomic E-state index is 14.6. The molecule has 4 nitrogen and oxygen atoms in total. The summed E-state index contributed by atoms with van der Waals surface area (Å²) in [6.45, 7) is 3.87. The van der Waals surface area contributed by atoms with E-state index in [0.29, 0.717) is 27.9 Å². The number of rotatable bonds is 4. The van der Waals surface area contributed by atoms with Crippen molar-refractivity contribution in [1.29, 1.82) is 0 Å². The number of anilines is 1. The van der Waals surface area contributed by atoms with Crippen LogP contribution >= 0.6 is 34.7 Å². The van der Waals surface area contributed by atoms with Crippen LogP contribution in [-0.4, -0.2) is 16.8 Å². The van der Waals surface area contributed by atoms with Crippen molar-refractivity contribution in [1.82, 2.24) is 0 Å². The molecule has 2 aromatic carbocycles. The Morgan fingerprint density at radius 1 is 1.33 bits per heavy atom. The van der Waals surface area contributed by atoms with Crippen LogP contribution in [0.5, 0.6) is 0 Å². The minimum absolute atomic E-state index is 0.152. The Morgan fingerprint density at radius 3 is 2.90 bits per heavy atom. The van der Waals surface area contributed by atoms with Gasteiger partial charge in [0, 0.05) is 31.6 Å². The summed E-state index contributed by atoms with van der Waals surface area (Å²) in [5.74, 6) is 0.272. The fourth-order valence-corrected chi connectivity index (χ4v) is 6.00. The number of carbonyl (C=O) groups is 1. The fourth-order valence-electron chi connectivity index (χ4n) is 3.66. The number of amides is 1. The SMILES string of the molecule is Cc1c(CC(=O)Nc2ccc(F)c(C3(C)CCSC(N)=N3)c2)sc2ccc(Cl)cc12. The number of nitrogens with one attached hydrogen (secondary N) is 1. The summed E-state index contributed by atoms with van der Waals surface area (Å²) in [5, 5.41) is 5.10. The van der Waals surface area contributed by atoms with Gasteiger partial charge in [0.1, 0.15) is 5.82 Å². The summed E-state index contributed by atoms with van der Waals surface area (Å²) >= 11 is 9.16. The topological polar surface area (TPSA) is 67.5 Å². The molecule has 0 spiro atoms. The lowest BCUT2D eigenvalue weighted by molar-refractivity contribution is -0.115. The number of nitrogens with zero attached hydrogens (tertiary/aromatic N) is 1. The number of carbonyl (C=O) groups excluding carboxylic acids is 1. The highest BCUT2D eigenvalue weighted by molar-refractivity contribution is 8.13. The molecule has 0 bridgehead atoms. The summed E-state index contributed by atoms with van der Waals surface area (Å²) in [6, 6.07) is 10.4. The van der Waals surface area contributed by atoms with E-state index in [2.05, 4.69) is 10.3 Å². The molecule has 1 aromatic heterocycles. The Morgan fingerprint density at radius 2 is 2.13 bits per heavy atom. The van der Waals surface area contributed by atoms with Gasteiger partial charge in [-0.15, -0.1) is 11.3 Å². The number of hydrogen-bond donors (Lipinski definition) is 2. The lowest BCUT2D eigenvalue weighted by atomic mass is 9.89. The molecule has 3 N–H and O–H groups in total. The number of benzene rings is 2. The van der Waals surface area contributed by atoms with Gasteiger partial charge in [-0.2, -0.15) is 0 Å². The van der Waals surface area contributed by atoms with E-state index < -0.39 is 5.54 Å². The highest BCUT2D eigenvalue weighted by atomic mass is 35.5. The first-order chi connectivity index (χ1) is 14.2. The molecule has 4 rings (SSSR count). The second-order valence-corrected chi connectivity index (χ2v) is 10.2. The Kier molecular flexibility index (Phi) is 5.79. The lowest BCUT2D eigenvalue weighted by Gasteiger charge is -2.30. The molecule has 0 saturated heterocycles. The third-order valence-electron chi connectivity index (χ3n) is 5.34. The van der Waals surface area contributed by atoms with Gasteiger partial charge in [0.05, 0.1) is 12.0 Å². The zero-order valence-electron chi connectivity index (χ0n) is 16.6. The molecule has 1 aliphatic heterocycles. The van der Waals surface area contributed by atoms with E-state index in [0.717, 1.165) is 26.3 Å². The average molecular weight is 462 g/mol. The molecule has 156 valence electrons. The number of aliphatic imine (C=N–C) groups is 1. The molecule has 0 fully saturated rings. The first-order valence-corrected chi connectivity index (χ1v) is 11.7. The van der Waals surface area contributed by atoms with Gasteiger partial charge in [0.25, 0.3) is 0 Å². The van der Waals surface area contributed by atoms with E-state index in [1.54, 1.807) is 23.5 Å². The maximum Gasteiger partial charge on any atom is 0.229 e. The number of hydrogen-bond acceptors (Lipinski definition) is 5. The largest absolute Gasteiger partial charge is 0.379 e. The first-order valence-electron chi connectivity index (χ1n) is 9.51. The smallest absolute Gasteiger partial charge is 0.229 e. The second kappa shape index (κ2) is 8.21. The highest BCUT2D eigenvalue weighted by Gasteiger charge is 2.32. The van der Waals surface area contributed by atoms with Crippen molar-refractivity contribution < 1.29 is 9.18 Å². The van der Waals surface area contributed by atoms with E-state index in [1.165, 1.54) is 17.8 Å². The molecule has 1 aliphatic rings.